The summed E-state index contributed by atoms with van der Waals surface area (Å²) in [5, 5.41) is 13.1. The van der Waals surface area contributed by atoms with Gasteiger partial charge in [-0.15, -0.1) is 11.3 Å². The van der Waals surface area contributed by atoms with Crippen LogP contribution in [0.1, 0.15) is 28.9 Å². The van der Waals surface area contributed by atoms with Crippen LogP contribution in [0.4, 0.5) is 0 Å². The maximum atomic E-state index is 12.3. The van der Waals surface area contributed by atoms with Crippen molar-refractivity contribution in [1.29, 1.82) is 0 Å². The van der Waals surface area contributed by atoms with Crippen LogP contribution in [-0.2, 0) is 4.79 Å². The highest BCUT2D eigenvalue weighted by Crippen LogP contribution is 2.37. The Balaban J connectivity index is 1.93. The number of hydrogen-bond acceptors (Lipinski definition) is 3. The van der Waals surface area contributed by atoms with Crippen molar-refractivity contribution >= 4 is 44.9 Å². The summed E-state index contributed by atoms with van der Waals surface area (Å²) in [6.45, 7) is 0. The third kappa shape index (κ3) is 1.98. The molecule has 0 radical (unpaired) electrons. The van der Waals surface area contributed by atoms with E-state index < -0.39 is 17.4 Å². The van der Waals surface area contributed by atoms with Crippen molar-refractivity contribution in [2.45, 2.75) is 24.8 Å². The van der Waals surface area contributed by atoms with Crippen molar-refractivity contribution in [2.24, 2.45) is 0 Å². The van der Waals surface area contributed by atoms with Gasteiger partial charge in [-0.1, -0.05) is 29.8 Å². The van der Waals surface area contributed by atoms with Gasteiger partial charge in [-0.05, 0) is 25.3 Å². The second-order valence-corrected chi connectivity index (χ2v) is 6.37. The number of carbonyl (C=O) groups excluding carboxylic acids is 1. The van der Waals surface area contributed by atoms with Crippen molar-refractivity contribution in [3.63, 3.8) is 0 Å². The van der Waals surface area contributed by atoms with Crippen molar-refractivity contribution < 1.29 is 14.7 Å². The summed E-state index contributed by atoms with van der Waals surface area (Å²) >= 11 is 7.51. The number of thiophene rings is 1. The number of nitrogens with one attached hydrogen (secondary N) is 1. The van der Waals surface area contributed by atoms with Gasteiger partial charge in [-0.2, -0.15) is 0 Å². The molecule has 0 atom stereocenters. The lowest BCUT2D eigenvalue weighted by Gasteiger charge is -2.38. The van der Waals surface area contributed by atoms with Crippen LogP contribution in [0.2, 0.25) is 5.02 Å². The number of aliphatic carboxylic acids is 1. The minimum atomic E-state index is -1.11. The topological polar surface area (TPSA) is 66.4 Å². The molecule has 6 heteroatoms. The van der Waals surface area contributed by atoms with Gasteiger partial charge in [0.2, 0.25) is 0 Å². The fourth-order valence-corrected chi connectivity index (χ4v) is 3.77. The average Bonchev–Trinajstić information content (AvgIpc) is 2.71. The van der Waals surface area contributed by atoms with Gasteiger partial charge in [0.15, 0.2) is 0 Å². The summed E-state index contributed by atoms with van der Waals surface area (Å²) in [5.41, 5.74) is -1.11. The minimum Gasteiger partial charge on any atom is -0.480 e. The zero-order valence-electron chi connectivity index (χ0n) is 10.5. The molecule has 1 aromatic heterocycles. The molecule has 1 aliphatic carbocycles. The van der Waals surface area contributed by atoms with Crippen LogP contribution in [0.15, 0.2) is 24.3 Å². The molecule has 1 amide bonds. The molecule has 1 fully saturated rings. The lowest BCUT2D eigenvalue weighted by molar-refractivity contribution is -0.148. The molecule has 0 saturated heterocycles. The van der Waals surface area contributed by atoms with Gasteiger partial charge < -0.3 is 10.4 Å². The quantitative estimate of drug-likeness (QED) is 0.914. The van der Waals surface area contributed by atoms with E-state index in [4.69, 9.17) is 11.6 Å². The van der Waals surface area contributed by atoms with E-state index in [0.29, 0.717) is 22.7 Å². The van der Waals surface area contributed by atoms with E-state index in [2.05, 4.69) is 5.32 Å². The number of benzene rings is 1. The van der Waals surface area contributed by atoms with Crippen LogP contribution in [0.5, 0.6) is 0 Å². The Bertz CT molecular complexity index is 706. The van der Waals surface area contributed by atoms with Crippen LogP contribution in [-0.4, -0.2) is 22.5 Å². The van der Waals surface area contributed by atoms with E-state index >= 15 is 0 Å². The van der Waals surface area contributed by atoms with Crippen molar-refractivity contribution in [2.75, 3.05) is 0 Å². The first-order valence-corrected chi connectivity index (χ1v) is 7.46. The molecule has 0 unspecified atom stereocenters. The fraction of sp³-hybridized carbons (Fsp3) is 0.286. The normalized spacial score (nSPS) is 16.6. The van der Waals surface area contributed by atoms with E-state index in [1.807, 2.05) is 24.3 Å². The molecule has 104 valence electrons. The third-order valence-electron chi connectivity index (χ3n) is 3.71. The van der Waals surface area contributed by atoms with Crippen LogP contribution in [0.3, 0.4) is 0 Å². The number of carbonyl (C=O) groups is 2. The maximum absolute atomic E-state index is 12.3. The molecular formula is C14H12ClNO3S. The smallest absolute Gasteiger partial charge is 0.329 e. The largest absolute Gasteiger partial charge is 0.480 e. The van der Waals surface area contributed by atoms with Gasteiger partial charge in [0.05, 0.1) is 5.02 Å². The number of carboxylic acids is 1. The van der Waals surface area contributed by atoms with E-state index in [0.717, 1.165) is 16.5 Å². The second kappa shape index (κ2) is 4.75. The molecule has 1 aliphatic rings. The van der Waals surface area contributed by atoms with Crippen molar-refractivity contribution in [3.05, 3.63) is 34.2 Å². The number of halogens is 1. The number of hydrogen-bond donors (Lipinski definition) is 2. The van der Waals surface area contributed by atoms with Crippen LogP contribution in [0.25, 0.3) is 10.1 Å². The number of fused-ring (bicyclic) bond motifs is 1. The summed E-state index contributed by atoms with van der Waals surface area (Å²) in [5.74, 6) is -1.38. The molecule has 20 heavy (non-hydrogen) atoms. The summed E-state index contributed by atoms with van der Waals surface area (Å²) in [6.07, 6.45) is 1.75. The highest BCUT2D eigenvalue weighted by atomic mass is 35.5. The van der Waals surface area contributed by atoms with E-state index in [1.54, 1.807) is 0 Å². The van der Waals surface area contributed by atoms with Crippen LogP contribution < -0.4 is 5.32 Å². The molecule has 2 N–H and O–H groups in total. The minimum absolute atomic E-state index is 0.375. The number of carboxylic acid groups (broad SMARTS) is 1. The van der Waals surface area contributed by atoms with Gasteiger partial charge in [0.25, 0.3) is 5.91 Å². The summed E-state index contributed by atoms with van der Waals surface area (Å²) in [6, 6.07) is 7.47. The van der Waals surface area contributed by atoms with Gasteiger partial charge in [-0.25, -0.2) is 4.79 Å². The lowest BCUT2D eigenvalue weighted by atomic mass is 9.77. The zero-order valence-corrected chi connectivity index (χ0v) is 12.1. The first kappa shape index (κ1) is 13.4. The Kier molecular flexibility index (Phi) is 3.18. The van der Waals surface area contributed by atoms with E-state index in [-0.39, 0.29) is 0 Å². The molecule has 3 rings (SSSR count). The second-order valence-electron chi connectivity index (χ2n) is 4.94. The zero-order chi connectivity index (χ0) is 14.3. The van der Waals surface area contributed by atoms with Crippen LogP contribution >= 0.6 is 22.9 Å². The Labute approximate surface area is 124 Å². The highest BCUT2D eigenvalue weighted by molar-refractivity contribution is 7.21. The standard InChI is InChI=1S/C14H12ClNO3S/c15-10-8-4-1-2-5-9(8)20-11(10)12(17)16-14(13(18)19)6-3-7-14/h1-2,4-5H,3,6-7H2,(H,16,17)(H,18,19). The molecule has 1 saturated carbocycles. The molecule has 0 bridgehead atoms. The number of rotatable bonds is 3. The predicted molar refractivity (Wildman–Crippen MR) is 78.5 cm³/mol. The first-order chi connectivity index (χ1) is 9.53. The highest BCUT2D eigenvalue weighted by Gasteiger charge is 2.46. The molecule has 2 aromatic rings. The van der Waals surface area contributed by atoms with Gasteiger partial charge in [-0.3, -0.25) is 4.79 Å². The van der Waals surface area contributed by atoms with Gasteiger partial charge in [0.1, 0.15) is 10.4 Å². The summed E-state index contributed by atoms with van der Waals surface area (Å²) in [4.78, 5) is 24.0. The van der Waals surface area contributed by atoms with Gasteiger partial charge >= 0.3 is 5.97 Å². The molecule has 4 nitrogen and oxygen atoms in total. The molecule has 1 heterocycles. The molecule has 0 aliphatic heterocycles. The Morgan fingerprint density at radius 1 is 1.30 bits per heavy atom. The third-order valence-corrected chi connectivity index (χ3v) is 5.38. The molecular weight excluding hydrogens is 298 g/mol. The molecule has 1 aromatic carbocycles. The predicted octanol–water partition coefficient (Wildman–Crippen LogP) is 3.29. The Morgan fingerprint density at radius 2 is 2.00 bits per heavy atom. The molecule has 0 spiro atoms. The Morgan fingerprint density at radius 3 is 2.55 bits per heavy atom. The SMILES string of the molecule is O=C(NC1(C(=O)O)CCC1)c1sc2ccccc2c1Cl. The van der Waals surface area contributed by atoms with E-state index in [9.17, 15) is 14.7 Å². The van der Waals surface area contributed by atoms with Crippen LogP contribution in [0, 0.1) is 0 Å². The summed E-state index contributed by atoms with van der Waals surface area (Å²) < 4.78 is 0.917. The summed E-state index contributed by atoms with van der Waals surface area (Å²) in [7, 11) is 0. The van der Waals surface area contributed by atoms with E-state index in [1.165, 1.54) is 11.3 Å². The fourth-order valence-electron chi connectivity index (χ4n) is 2.36. The average molecular weight is 310 g/mol. The number of amides is 1. The van der Waals surface area contributed by atoms with Gasteiger partial charge in [0, 0.05) is 10.1 Å². The monoisotopic (exact) mass is 309 g/mol. The lowest BCUT2D eigenvalue weighted by Crippen LogP contribution is -2.59. The van der Waals surface area contributed by atoms with Crippen molar-refractivity contribution in [1.82, 2.24) is 5.32 Å². The van der Waals surface area contributed by atoms with Crippen molar-refractivity contribution in [3.8, 4) is 0 Å². The first-order valence-electron chi connectivity index (χ1n) is 6.26. The maximum Gasteiger partial charge on any atom is 0.329 e. The Hall–Kier alpha value is -1.59.